The first-order valence-electron chi connectivity index (χ1n) is 24.7. The van der Waals surface area contributed by atoms with Crippen LogP contribution in [0.25, 0.3) is 65.9 Å². The minimum atomic E-state index is -0.0753. The van der Waals surface area contributed by atoms with E-state index in [1.165, 1.54) is 16.5 Å². The summed E-state index contributed by atoms with van der Waals surface area (Å²) in [4.78, 5) is 22.2. The molecule has 12 rings (SSSR count). The van der Waals surface area contributed by atoms with Gasteiger partial charge in [-0.15, -0.1) is 11.3 Å². The van der Waals surface area contributed by atoms with E-state index in [2.05, 4.69) is 72.7 Å². The molecule has 12 N–H and O–H groups in total. The van der Waals surface area contributed by atoms with Gasteiger partial charge in [-0.3, -0.25) is 15.0 Å². The number of hydrogen-bond donors (Lipinski definition) is 6. The number of para-hydroxylation sites is 1. The number of aromatic nitrogens is 6. The van der Waals surface area contributed by atoms with Crippen LogP contribution in [0.3, 0.4) is 0 Å². The van der Waals surface area contributed by atoms with Crippen LogP contribution in [0.2, 0.25) is 0 Å². The molecule has 75 heavy (non-hydrogen) atoms. The van der Waals surface area contributed by atoms with Crippen molar-refractivity contribution in [2.45, 2.75) is 84.7 Å². The molecule has 0 spiro atoms. The fourth-order valence-electron chi connectivity index (χ4n) is 8.03. The smallest absolute Gasteiger partial charge is 0.226 e. The van der Waals surface area contributed by atoms with Crippen molar-refractivity contribution in [2.75, 3.05) is 0 Å². The number of benzene rings is 1. The molecular formula is C59H66N12O3S. The van der Waals surface area contributed by atoms with Crippen LogP contribution in [-0.4, -0.2) is 30.1 Å². The minimum absolute atomic E-state index is 0.00421. The van der Waals surface area contributed by atoms with E-state index in [4.69, 9.17) is 47.8 Å². The van der Waals surface area contributed by atoms with Crippen molar-refractivity contribution in [3.8, 4) is 22.5 Å². The Labute approximate surface area is 441 Å². The second-order valence-corrected chi connectivity index (χ2v) is 19.1. The molecule has 2 aliphatic carbocycles. The van der Waals surface area contributed by atoms with E-state index in [0.29, 0.717) is 5.71 Å². The standard InChI is InChI=1S/C12H14N2.C11H12N2.3C9H10N2O.C9H10N2S/c1-8-4-3-5-10-11(9(2)13)7-14-12(10)6-8;1-8(12)10-7-13-11-6-4-2-3-5-9(10)11;1-6(10)7-5-12-8-3-2-4-11-9(7)8;1-6(10)8-5-12-9-7(8)3-2-4-11-9;1-6(10)9-7-4-2-3-5-8(7)12-11-9;1-6(10)8-5-12-9-7(8)3-2-4-11-9/h3-7,9H,13H2,1-2H3;2-8H,12H2,1H3;4*2-6H,10H2,1H3. The van der Waals surface area contributed by atoms with Gasteiger partial charge in [-0.1, -0.05) is 65.8 Å². The van der Waals surface area contributed by atoms with E-state index in [0.717, 1.165) is 82.7 Å². The van der Waals surface area contributed by atoms with Crippen LogP contribution >= 0.6 is 11.3 Å². The number of hydrogen-bond acceptors (Lipinski definition) is 16. The van der Waals surface area contributed by atoms with Crippen molar-refractivity contribution in [1.29, 1.82) is 0 Å². The fraction of sp³-hybridized carbons (Fsp3) is 0.220. The molecule has 15 nitrogen and oxygen atoms in total. The van der Waals surface area contributed by atoms with E-state index in [9.17, 15) is 0 Å². The molecule has 0 fully saturated rings. The summed E-state index contributed by atoms with van der Waals surface area (Å²) in [5.74, 6) is 0. The third-order valence-corrected chi connectivity index (χ3v) is 12.9. The van der Waals surface area contributed by atoms with Gasteiger partial charge in [0.05, 0.1) is 23.9 Å². The highest BCUT2D eigenvalue weighted by molar-refractivity contribution is 7.16. The zero-order chi connectivity index (χ0) is 53.6. The van der Waals surface area contributed by atoms with Crippen molar-refractivity contribution in [1.82, 2.24) is 30.1 Å². The molecule has 0 bridgehead atoms. The summed E-state index contributed by atoms with van der Waals surface area (Å²) in [6, 6.07) is 37.7. The van der Waals surface area contributed by atoms with Crippen LogP contribution in [0.15, 0.2) is 178 Å². The van der Waals surface area contributed by atoms with Crippen LogP contribution in [0.5, 0.6) is 0 Å². The second kappa shape index (κ2) is 25.9. The van der Waals surface area contributed by atoms with Gasteiger partial charge < -0.3 is 47.8 Å². The van der Waals surface area contributed by atoms with Crippen LogP contribution in [0.4, 0.5) is 0 Å². The Morgan fingerprint density at radius 2 is 1.01 bits per heavy atom. The summed E-state index contributed by atoms with van der Waals surface area (Å²) in [5, 5.41) is 9.19. The number of fused-ring (bicyclic) bond motifs is 6. The largest absolute Gasteiger partial charge is 0.462 e. The highest BCUT2D eigenvalue weighted by Gasteiger charge is 2.15. The first-order valence-corrected chi connectivity index (χ1v) is 25.5. The molecule has 16 heteroatoms. The molecule has 0 saturated carbocycles. The van der Waals surface area contributed by atoms with Crippen LogP contribution < -0.4 is 34.4 Å². The lowest BCUT2D eigenvalue weighted by atomic mass is 10.1. The quantitative estimate of drug-likeness (QED) is 0.0903. The van der Waals surface area contributed by atoms with Gasteiger partial charge in [0.1, 0.15) is 16.0 Å². The number of thiophene rings is 1. The molecule has 0 radical (unpaired) electrons. The third kappa shape index (κ3) is 13.9. The average Bonchev–Trinajstić information content (AvgIpc) is 4.27. The maximum Gasteiger partial charge on any atom is 0.226 e. The van der Waals surface area contributed by atoms with Crippen LogP contribution in [-0.2, 0) is 0 Å². The molecule has 0 saturated heterocycles. The predicted octanol–water partition coefficient (Wildman–Crippen LogP) is 12.6. The summed E-state index contributed by atoms with van der Waals surface area (Å²) in [7, 11) is 0. The van der Waals surface area contributed by atoms with E-state index in [-0.39, 0.29) is 36.3 Å². The van der Waals surface area contributed by atoms with Crippen molar-refractivity contribution < 1.29 is 13.4 Å². The maximum atomic E-state index is 5.86. The van der Waals surface area contributed by atoms with E-state index >= 15 is 0 Å². The van der Waals surface area contributed by atoms with Gasteiger partial charge in [-0.2, -0.15) is 0 Å². The Morgan fingerprint density at radius 1 is 0.453 bits per heavy atom. The van der Waals surface area contributed by atoms with Gasteiger partial charge in [-0.05, 0) is 131 Å². The van der Waals surface area contributed by atoms with Gasteiger partial charge >= 0.3 is 0 Å². The molecule has 386 valence electrons. The van der Waals surface area contributed by atoms with E-state index in [1.54, 1.807) is 36.3 Å². The monoisotopic (exact) mass is 1020 g/mol. The molecular weight excluding hydrogens is 957 g/mol. The van der Waals surface area contributed by atoms with E-state index in [1.807, 2.05) is 145 Å². The molecule has 0 amide bonds. The summed E-state index contributed by atoms with van der Waals surface area (Å²) in [5.41, 5.74) is 49.6. The van der Waals surface area contributed by atoms with Gasteiger partial charge in [0.25, 0.3) is 0 Å². The number of nitrogens with two attached hydrogens (primary N) is 6. The molecule has 8 aromatic rings. The minimum Gasteiger partial charge on any atom is -0.462 e. The van der Waals surface area contributed by atoms with Gasteiger partial charge in [0.15, 0.2) is 11.2 Å². The van der Waals surface area contributed by atoms with Gasteiger partial charge in [0, 0.05) is 106 Å². The molecule has 2 aliphatic heterocycles. The first-order chi connectivity index (χ1) is 36.1. The fourth-order valence-corrected chi connectivity index (χ4v) is 9.05. The lowest BCUT2D eigenvalue weighted by molar-refractivity contribution is 0.440. The summed E-state index contributed by atoms with van der Waals surface area (Å²) in [6.45, 7) is 13.8. The zero-order valence-corrected chi connectivity index (χ0v) is 44.1. The Balaban J connectivity index is 0.000000131. The van der Waals surface area contributed by atoms with Crippen LogP contribution in [0, 0.1) is 6.92 Å². The van der Waals surface area contributed by atoms with Crippen molar-refractivity contribution >= 4 is 54.7 Å². The topological polar surface area (TPSA) is 273 Å². The Kier molecular flexibility index (Phi) is 19.0. The maximum absolute atomic E-state index is 5.86. The number of aryl methyl sites for hydroxylation is 1. The predicted molar refractivity (Wildman–Crippen MR) is 304 cm³/mol. The number of rotatable bonds is 6. The SMILES string of the molecule is CC(N)c1cnc2cccccc1-2.CC(N)c1coc2cccnc12.CC(N)c1coc2ncccc12.CC(N)c1csc2ncccc12.CC(N)c1noc2ccccc12.Cc1cccc2c(C(C)N)cnc-2c1. The van der Waals surface area contributed by atoms with Crippen molar-refractivity contribution in [3.05, 3.63) is 203 Å². The number of pyridine rings is 3. The Hall–Kier alpha value is -7.80. The van der Waals surface area contributed by atoms with Crippen molar-refractivity contribution in [2.24, 2.45) is 34.4 Å². The Morgan fingerprint density at radius 3 is 1.72 bits per heavy atom. The Bertz CT molecular complexity index is 3280. The highest BCUT2D eigenvalue weighted by Crippen LogP contribution is 2.30. The lowest BCUT2D eigenvalue weighted by Gasteiger charge is -2.02. The normalized spacial score (nSPS) is 13.3. The molecule has 6 atom stereocenters. The lowest BCUT2D eigenvalue weighted by Crippen LogP contribution is -2.05. The van der Waals surface area contributed by atoms with Gasteiger partial charge in [-0.25, -0.2) is 9.97 Å². The summed E-state index contributed by atoms with van der Waals surface area (Å²) in [6.07, 6.45) is 12.3. The number of nitrogens with zero attached hydrogens (tertiary/aromatic N) is 6. The molecule has 6 unspecified atom stereocenters. The average molecular weight is 1020 g/mol. The molecule has 7 aromatic heterocycles. The third-order valence-electron chi connectivity index (χ3n) is 12.0. The zero-order valence-electron chi connectivity index (χ0n) is 43.3. The van der Waals surface area contributed by atoms with E-state index < -0.39 is 0 Å². The first kappa shape index (κ1) is 55.0. The molecule has 1 aromatic carbocycles. The van der Waals surface area contributed by atoms with Crippen LogP contribution in [0.1, 0.15) is 117 Å². The van der Waals surface area contributed by atoms with Gasteiger partial charge in [0.2, 0.25) is 5.71 Å². The second-order valence-electron chi connectivity index (χ2n) is 18.3. The van der Waals surface area contributed by atoms with Crippen molar-refractivity contribution in [3.63, 3.8) is 0 Å². The summed E-state index contributed by atoms with van der Waals surface area (Å²) < 4.78 is 15.6. The molecule has 4 aliphatic rings. The highest BCUT2D eigenvalue weighted by atomic mass is 32.1. The summed E-state index contributed by atoms with van der Waals surface area (Å²) >= 11 is 1.65. The molecule has 9 heterocycles. The number of furan rings is 2.